The average molecular weight is 286 g/mol. The van der Waals surface area contributed by atoms with E-state index in [1.807, 2.05) is 6.07 Å². The van der Waals surface area contributed by atoms with Crippen LogP contribution in [0.2, 0.25) is 0 Å². The van der Waals surface area contributed by atoms with Crippen molar-refractivity contribution in [2.75, 3.05) is 6.61 Å². The van der Waals surface area contributed by atoms with Gasteiger partial charge in [-0.1, -0.05) is 12.1 Å². The van der Waals surface area contributed by atoms with Crippen molar-refractivity contribution in [3.63, 3.8) is 0 Å². The van der Waals surface area contributed by atoms with Crippen molar-refractivity contribution in [2.24, 2.45) is 0 Å². The Kier molecular flexibility index (Phi) is 4.33. The van der Waals surface area contributed by atoms with Gasteiger partial charge in [0.05, 0.1) is 23.8 Å². The number of imide groups is 1. The minimum absolute atomic E-state index is 0.0971. The number of rotatable bonds is 5. The molecule has 6 heteroatoms. The first-order chi connectivity index (χ1) is 10.1. The topological polar surface area (TPSA) is 87.5 Å². The summed E-state index contributed by atoms with van der Waals surface area (Å²) in [6, 6.07) is 7.40. The number of benzene rings is 1. The molecule has 1 heterocycles. The van der Waals surface area contributed by atoms with Gasteiger partial charge in [0.2, 0.25) is 0 Å². The predicted octanol–water partition coefficient (Wildman–Crippen LogP) is 1.52. The molecule has 1 aliphatic rings. The first-order valence-electron chi connectivity index (χ1n) is 6.58. The third-order valence-electron chi connectivity index (χ3n) is 3.23. The summed E-state index contributed by atoms with van der Waals surface area (Å²) in [6.07, 6.45) is 0.714. The molecule has 0 saturated carbocycles. The summed E-state index contributed by atoms with van der Waals surface area (Å²) < 4.78 is 4.98. The van der Waals surface area contributed by atoms with Gasteiger partial charge in [0.15, 0.2) is 0 Å². The van der Waals surface area contributed by atoms with Crippen LogP contribution in [-0.4, -0.2) is 35.3 Å². The van der Waals surface area contributed by atoms with Crippen LogP contribution in [-0.2, 0) is 9.53 Å². The molecule has 0 aliphatic carbocycles. The highest BCUT2D eigenvalue weighted by atomic mass is 16.5. The van der Waals surface area contributed by atoms with Crippen LogP contribution in [0.4, 0.5) is 0 Å². The molecule has 2 amide bonds. The number of ether oxygens (including phenoxy) is 1. The lowest BCUT2D eigenvalue weighted by Gasteiger charge is -2.20. The zero-order valence-electron chi connectivity index (χ0n) is 11.5. The summed E-state index contributed by atoms with van der Waals surface area (Å²) in [5, 5.41) is 8.39. The second-order valence-corrected chi connectivity index (χ2v) is 4.63. The van der Waals surface area contributed by atoms with Crippen LogP contribution in [0.1, 0.15) is 40.5 Å². The number of esters is 1. The van der Waals surface area contributed by atoms with Gasteiger partial charge >= 0.3 is 5.97 Å². The second kappa shape index (κ2) is 6.18. The number of amides is 2. The van der Waals surface area contributed by atoms with Crippen LogP contribution < -0.4 is 0 Å². The molecular weight excluding hydrogens is 272 g/mol. The van der Waals surface area contributed by atoms with Gasteiger partial charge in [0.1, 0.15) is 6.04 Å². The summed E-state index contributed by atoms with van der Waals surface area (Å²) in [6.45, 7) is 1.55. The highest BCUT2D eigenvalue weighted by Gasteiger charge is 2.41. The maximum atomic E-state index is 12.2. The minimum atomic E-state index is -0.987. The van der Waals surface area contributed by atoms with Crippen molar-refractivity contribution in [1.82, 2.24) is 4.90 Å². The number of hydrogen-bond donors (Lipinski definition) is 0. The molecule has 1 unspecified atom stereocenters. The average Bonchev–Trinajstić information content (AvgIpc) is 2.75. The molecule has 108 valence electrons. The SMILES string of the molecule is CC(C(=O)OCCCC#N)N1C(=O)c2ccccc2C1=O. The fourth-order valence-electron chi connectivity index (χ4n) is 2.11. The van der Waals surface area contributed by atoms with Crippen LogP contribution in [0.25, 0.3) is 0 Å². The van der Waals surface area contributed by atoms with E-state index in [-0.39, 0.29) is 13.0 Å². The fourth-order valence-corrected chi connectivity index (χ4v) is 2.11. The number of nitrogens with zero attached hydrogens (tertiary/aromatic N) is 2. The molecule has 1 aromatic rings. The summed E-state index contributed by atoms with van der Waals surface area (Å²) >= 11 is 0. The minimum Gasteiger partial charge on any atom is -0.464 e. The van der Waals surface area contributed by atoms with E-state index in [1.54, 1.807) is 24.3 Å². The number of hydrogen-bond acceptors (Lipinski definition) is 5. The molecule has 2 rings (SSSR count). The van der Waals surface area contributed by atoms with Gasteiger partial charge in [0.25, 0.3) is 11.8 Å². The molecule has 0 radical (unpaired) electrons. The number of unbranched alkanes of at least 4 members (excludes halogenated alkanes) is 1. The lowest BCUT2D eigenvalue weighted by molar-refractivity contribution is -0.147. The van der Waals surface area contributed by atoms with E-state index in [2.05, 4.69) is 0 Å². The van der Waals surface area contributed by atoms with E-state index < -0.39 is 23.8 Å². The van der Waals surface area contributed by atoms with Gasteiger partial charge in [-0.15, -0.1) is 0 Å². The van der Waals surface area contributed by atoms with Crippen molar-refractivity contribution in [2.45, 2.75) is 25.8 Å². The van der Waals surface area contributed by atoms with Crippen LogP contribution in [0.15, 0.2) is 24.3 Å². The zero-order chi connectivity index (χ0) is 15.4. The van der Waals surface area contributed by atoms with Gasteiger partial charge < -0.3 is 4.74 Å². The van der Waals surface area contributed by atoms with Gasteiger partial charge in [-0.2, -0.15) is 5.26 Å². The monoisotopic (exact) mass is 286 g/mol. The van der Waals surface area contributed by atoms with Crippen LogP contribution >= 0.6 is 0 Å². The van der Waals surface area contributed by atoms with Crippen molar-refractivity contribution in [3.8, 4) is 6.07 Å². The van der Waals surface area contributed by atoms with Gasteiger partial charge in [-0.25, -0.2) is 4.79 Å². The lowest BCUT2D eigenvalue weighted by Crippen LogP contribution is -2.43. The maximum Gasteiger partial charge on any atom is 0.329 e. The van der Waals surface area contributed by atoms with Crippen molar-refractivity contribution in [1.29, 1.82) is 5.26 Å². The van der Waals surface area contributed by atoms with Crippen LogP contribution in [0, 0.1) is 11.3 Å². The summed E-state index contributed by atoms with van der Waals surface area (Å²) in [5.74, 6) is -1.63. The van der Waals surface area contributed by atoms with Crippen molar-refractivity contribution >= 4 is 17.8 Å². The molecule has 6 nitrogen and oxygen atoms in total. The van der Waals surface area contributed by atoms with Gasteiger partial charge in [-0.3, -0.25) is 14.5 Å². The Hall–Kier alpha value is -2.68. The Morgan fingerprint density at radius 1 is 1.29 bits per heavy atom. The molecule has 0 saturated heterocycles. The Morgan fingerprint density at radius 2 is 1.86 bits per heavy atom. The van der Waals surface area contributed by atoms with E-state index in [0.29, 0.717) is 17.5 Å². The molecule has 1 aliphatic heterocycles. The Morgan fingerprint density at radius 3 is 2.38 bits per heavy atom. The predicted molar refractivity (Wildman–Crippen MR) is 72.2 cm³/mol. The van der Waals surface area contributed by atoms with Crippen LogP contribution in [0.5, 0.6) is 0 Å². The molecule has 0 N–H and O–H groups in total. The smallest absolute Gasteiger partial charge is 0.329 e. The fraction of sp³-hybridized carbons (Fsp3) is 0.333. The normalized spacial score (nSPS) is 14.6. The molecule has 0 spiro atoms. The van der Waals surface area contributed by atoms with Crippen molar-refractivity contribution < 1.29 is 19.1 Å². The molecule has 1 aromatic carbocycles. The number of fused-ring (bicyclic) bond motifs is 1. The summed E-state index contributed by atoms with van der Waals surface area (Å²) in [5.41, 5.74) is 0.596. The highest BCUT2D eigenvalue weighted by molar-refractivity contribution is 6.22. The standard InChI is InChI=1S/C15H14N2O4/c1-10(15(20)21-9-5-4-8-16)17-13(18)11-6-2-3-7-12(11)14(17)19/h2-3,6-7,10H,4-5,9H2,1H3. The number of carbonyl (C=O) groups is 3. The molecule has 0 fully saturated rings. The van der Waals surface area contributed by atoms with E-state index in [1.165, 1.54) is 6.92 Å². The number of carbonyl (C=O) groups excluding carboxylic acids is 3. The summed E-state index contributed by atoms with van der Waals surface area (Å²) in [7, 11) is 0. The Bertz CT molecular complexity index is 598. The quantitative estimate of drug-likeness (QED) is 0.465. The van der Waals surface area contributed by atoms with Gasteiger partial charge in [0, 0.05) is 6.42 Å². The second-order valence-electron chi connectivity index (χ2n) is 4.63. The highest BCUT2D eigenvalue weighted by Crippen LogP contribution is 2.24. The molecule has 0 aromatic heterocycles. The summed E-state index contributed by atoms with van der Waals surface area (Å²) in [4.78, 5) is 37.2. The van der Waals surface area contributed by atoms with Gasteiger partial charge in [-0.05, 0) is 25.5 Å². The van der Waals surface area contributed by atoms with E-state index in [0.717, 1.165) is 4.90 Å². The molecule has 21 heavy (non-hydrogen) atoms. The molecule has 1 atom stereocenters. The third-order valence-corrected chi connectivity index (χ3v) is 3.23. The molecule has 0 bridgehead atoms. The Labute approximate surface area is 121 Å². The Balaban J connectivity index is 2.06. The van der Waals surface area contributed by atoms with Crippen molar-refractivity contribution in [3.05, 3.63) is 35.4 Å². The largest absolute Gasteiger partial charge is 0.464 e. The van der Waals surface area contributed by atoms with Crippen LogP contribution in [0.3, 0.4) is 0 Å². The first kappa shape index (κ1) is 14.7. The first-order valence-corrected chi connectivity index (χ1v) is 6.58. The zero-order valence-corrected chi connectivity index (χ0v) is 11.5. The number of nitriles is 1. The van der Waals surface area contributed by atoms with E-state index >= 15 is 0 Å². The lowest BCUT2D eigenvalue weighted by atomic mass is 10.1. The molecular formula is C15H14N2O4. The van der Waals surface area contributed by atoms with E-state index in [9.17, 15) is 14.4 Å². The maximum absolute atomic E-state index is 12.2. The van der Waals surface area contributed by atoms with E-state index in [4.69, 9.17) is 10.00 Å². The third kappa shape index (κ3) is 2.77.